The number of carbonyl (C=O) groups excluding carboxylic acids is 2. The molecule has 1 aromatic carbocycles. The Labute approximate surface area is 185 Å². The van der Waals surface area contributed by atoms with Gasteiger partial charge in [-0.2, -0.15) is 13.2 Å². The van der Waals surface area contributed by atoms with E-state index in [-0.39, 0.29) is 11.4 Å². The molecule has 0 saturated carbocycles. The maximum Gasteiger partial charge on any atom is 0.417 e. The van der Waals surface area contributed by atoms with E-state index >= 15 is 0 Å². The first-order chi connectivity index (χ1) is 14.9. The van der Waals surface area contributed by atoms with Gasteiger partial charge in [0.05, 0.1) is 6.04 Å². The van der Waals surface area contributed by atoms with Crippen molar-refractivity contribution in [2.75, 3.05) is 5.32 Å². The Kier molecular flexibility index (Phi) is 8.28. The van der Waals surface area contributed by atoms with Crippen molar-refractivity contribution in [2.45, 2.75) is 38.7 Å². The Hall–Kier alpha value is -3.05. The van der Waals surface area contributed by atoms with Gasteiger partial charge in [0.15, 0.2) is 6.10 Å². The molecule has 0 bridgehead atoms. The van der Waals surface area contributed by atoms with E-state index in [1.165, 1.54) is 56.4 Å². The van der Waals surface area contributed by atoms with Gasteiger partial charge in [-0.25, -0.2) is 4.79 Å². The van der Waals surface area contributed by atoms with Crippen LogP contribution in [0, 0.1) is 5.92 Å². The lowest BCUT2D eigenvalue weighted by molar-refractivity contribution is -0.215. The van der Waals surface area contributed by atoms with Gasteiger partial charge in [0, 0.05) is 11.2 Å². The van der Waals surface area contributed by atoms with Gasteiger partial charge in [-0.1, -0.05) is 25.4 Å². The topological polar surface area (TPSA) is 110 Å². The van der Waals surface area contributed by atoms with Gasteiger partial charge in [-0.3, -0.25) is 14.9 Å². The van der Waals surface area contributed by atoms with Crippen LogP contribution in [0.25, 0.3) is 0 Å². The van der Waals surface area contributed by atoms with Crippen molar-refractivity contribution in [1.29, 1.82) is 0 Å². The molecule has 0 spiro atoms. The highest BCUT2D eigenvalue weighted by molar-refractivity contribution is 6.30. The molecular formula is C20H21ClF3N3O5. The van der Waals surface area contributed by atoms with Crippen molar-refractivity contribution in [3.8, 4) is 5.75 Å². The van der Waals surface area contributed by atoms with Crippen LogP contribution in [0.3, 0.4) is 0 Å². The smallest absolute Gasteiger partial charge is 0.410 e. The molecule has 174 valence electrons. The van der Waals surface area contributed by atoms with E-state index in [2.05, 4.69) is 10.6 Å². The second kappa shape index (κ2) is 10.5. The number of hydrogen-bond acceptors (Lipinski definition) is 5. The second-order valence-corrected chi connectivity index (χ2v) is 7.58. The number of amides is 2. The van der Waals surface area contributed by atoms with Crippen LogP contribution in [-0.4, -0.2) is 40.0 Å². The normalized spacial score (nSPS) is 13.4. The molecule has 0 fully saturated rings. The first kappa shape index (κ1) is 25.2. The van der Waals surface area contributed by atoms with Crippen LogP contribution in [0.15, 0.2) is 47.4 Å². The van der Waals surface area contributed by atoms with Gasteiger partial charge in [-0.15, -0.1) is 0 Å². The Morgan fingerprint density at radius 2 is 1.81 bits per heavy atom. The van der Waals surface area contributed by atoms with Crippen molar-refractivity contribution >= 4 is 29.3 Å². The molecule has 1 heterocycles. The van der Waals surface area contributed by atoms with E-state index in [1.807, 2.05) is 0 Å². The molecule has 8 nitrogen and oxygen atoms in total. The monoisotopic (exact) mass is 475 g/mol. The van der Waals surface area contributed by atoms with E-state index < -0.39 is 48.3 Å². The van der Waals surface area contributed by atoms with Crippen LogP contribution >= 0.6 is 11.6 Å². The Balaban J connectivity index is 2.07. The minimum absolute atomic E-state index is 0.172. The Bertz CT molecular complexity index is 1010. The maximum atomic E-state index is 12.8. The zero-order valence-corrected chi connectivity index (χ0v) is 17.8. The molecule has 3 N–H and O–H groups in total. The predicted octanol–water partition coefficient (Wildman–Crippen LogP) is 3.18. The number of anilines is 1. The number of benzene rings is 1. The van der Waals surface area contributed by atoms with E-state index in [4.69, 9.17) is 16.3 Å². The van der Waals surface area contributed by atoms with Gasteiger partial charge in [0.2, 0.25) is 5.91 Å². The van der Waals surface area contributed by atoms with E-state index in [0.29, 0.717) is 5.02 Å². The molecule has 0 radical (unpaired) electrons. The highest BCUT2D eigenvalue weighted by atomic mass is 35.5. The number of carbonyl (C=O) groups is 2. The summed E-state index contributed by atoms with van der Waals surface area (Å²) in [6.45, 7) is 2.18. The molecule has 0 aliphatic heterocycles. The number of nitrogens with zero attached hydrogens (tertiary/aromatic N) is 1. The summed E-state index contributed by atoms with van der Waals surface area (Å²) in [7, 11) is 0. The van der Waals surface area contributed by atoms with Crippen LogP contribution in [0.5, 0.6) is 5.75 Å². The number of aromatic nitrogens is 1. The molecular weight excluding hydrogens is 455 g/mol. The lowest BCUT2D eigenvalue weighted by Gasteiger charge is -2.28. The van der Waals surface area contributed by atoms with Crippen molar-refractivity contribution in [3.63, 3.8) is 0 Å². The molecule has 32 heavy (non-hydrogen) atoms. The van der Waals surface area contributed by atoms with Crippen LogP contribution in [0.4, 0.5) is 23.7 Å². The van der Waals surface area contributed by atoms with E-state index in [0.717, 1.165) is 4.57 Å². The lowest BCUT2D eigenvalue weighted by atomic mass is 9.98. The van der Waals surface area contributed by atoms with Crippen LogP contribution < -0.4 is 20.9 Å². The van der Waals surface area contributed by atoms with Crippen LogP contribution in [-0.2, 0) is 11.3 Å². The molecule has 2 aromatic rings. The van der Waals surface area contributed by atoms with Crippen molar-refractivity contribution in [3.05, 3.63) is 58.0 Å². The Morgan fingerprint density at radius 3 is 2.38 bits per heavy atom. The minimum atomic E-state index is -4.92. The SMILES string of the molecule is CC(C)C(NC(=O)Cn1cccc(NC(=O)Oc2ccc(Cl)cc2)c1=O)C(O)C(F)(F)F. The standard InChI is InChI=1S/C20H21ClF3N3O5/c1-11(2)16(17(29)20(22,23)24)26-15(28)10-27-9-3-4-14(18(27)30)25-19(31)32-13-7-5-12(21)6-8-13/h3-9,11,16-17,29H,10H2,1-2H3,(H,25,31)(H,26,28). The molecule has 2 atom stereocenters. The Morgan fingerprint density at radius 1 is 1.19 bits per heavy atom. The summed E-state index contributed by atoms with van der Waals surface area (Å²) in [5.74, 6) is -1.48. The molecule has 2 unspecified atom stereocenters. The summed E-state index contributed by atoms with van der Waals surface area (Å²) in [5, 5.41) is 14.3. The zero-order valence-electron chi connectivity index (χ0n) is 17.0. The third kappa shape index (κ3) is 6.99. The fourth-order valence-corrected chi connectivity index (χ4v) is 2.83. The van der Waals surface area contributed by atoms with E-state index in [1.54, 1.807) is 0 Å². The zero-order chi connectivity index (χ0) is 24.1. The number of alkyl halides is 3. The lowest BCUT2D eigenvalue weighted by Crippen LogP contribution is -2.53. The average Bonchev–Trinajstić information content (AvgIpc) is 2.69. The maximum absolute atomic E-state index is 12.8. The highest BCUT2D eigenvalue weighted by Crippen LogP contribution is 2.25. The molecule has 2 rings (SSSR count). The summed E-state index contributed by atoms with van der Waals surface area (Å²) in [4.78, 5) is 36.8. The first-order valence-electron chi connectivity index (χ1n) is 9.36. The number of rotatable bonds is 7. The number of nitrogens with one attached hydrogen (secondary N) is 2. The summed E-state index contributed by atoms with van der Waals surface area (Å²) >= 11 is 5.74. The van der Waals surface area contributed by atoms with Crippen molar-refractivity contribution in [1.82, 2.24) is 9.88 Å². The fourth-order valence-electron chi connectivity index (χ4n) is 2.70. The van der Waals surface area contributed by atoms with Gasteiger partial charge >= 0.3 is 12.3 Å². The summed E-state index contributed by atoms with van der Waals surface area (Å²) in [6, 6.07) is 6.90. The molecule has 2 amide bonds. The molecule has 12 heteroatoms. The molecule has 0 saturated heterocycles. The second-order valence-electron chi connectivity index (χ2n) is 7.15. The largest absolute Gasteiger partial charge is 0.417 e. The number of hydrogen-bond donors (Lipinski definition) is 3. The van der Waals surface area contributed by atoms with Gasteiger partial charge < -0.3 is 19.7 Å². The third-order valence-electron chi connectivity index (χ3n) is 4.32. The average molecular weight is 476 g/mol. The summed E-state index contributed by atoms with van der Waals surface area (Å²) in [6.07, 6.45) is -7.44. The predicted molar refractivity (Wildman–Crippen MR) is 111 cm³/mol. The molecule has 1 aromatic heterocycles. The van der Waals surface area contributed by atoms with Gasteiger partial charge in [0.25, 0.3) is 5.56 Å². The number of pyridine rings is 1. The van der Waals surface area contributed by atoms with Crippen LogP contribution in [0.2, 0.25) is 5.02 Å². The van der Waals surface area contributed by atoms with Crippen LogP contribution in [0.1, 0.15) is 13.8 Å². The summed E-state index contributed by atoms with van der Waals surface area (Å²) < 4.78 is 44.4. The number of halogens is 4. The number of ether oxygens (including phenoxy) is 1. The van der Waals surface area contributed by atoms with E-state index in [9.17, 15) is 32.7 Å². The quantitative estimate of drug-likeness (QED) is 0.570. The fraction of sp³-hybridized carbons (Fsp3) is 0.350. The molecule has 0 aliphatic rings. The summed E-state index contributed by atoms with van der Waals surface area (Å²) in [5.41, 5.74) is -0.997. The minimum Gasteiger partial charge on any atom is -0.410 e. The first-order valence-corrected chi connectivity index (χ1v) is 9.74. The third-order valence-corrected chi connectivity index (χ3v) is 4.57. The number of aliphatic hydroxyl groups is 1. The number of aliphatic hydroxyl groups excluding tert-OH is 1. The molecule has 0 aliphatic carbocycles. The van der Waals surface area contributed by atoms with Crippen molar-refractivity contribution < 1.29 is 32.6 Å². The highest BCUT2D eigenvalue weighted by Gasteiger charge is 2.45. The van der Waals surface area contributed by atoms with Crippen molar-refractivity contribution in [2.24, 2.45) is 5.92 Å². The van der Waals surface area contributed by atoms with Gasteiger partial charge in [0.1, 0.15) is 18.0 Å². The van der Waals surface area contributed by atoms with Gasteiger partial charge in [-0.05, 0) is 42.3 Å².